The van der Waals surface area contributed by atoms with E-state index in [2.05, 4.69) is 18.7 Å². The number of hydrogen-bond acceptors (Lipinski definition) is 4. The summed E-state index contributed by atoms with van der Waals surface area (Å²) >= 11 is 0. The minimum absolute atomic E-state index is 0.169. The second kappa shape index (κ2) is 10.1. The molecule has 2 rings (SSSR count). The van der Waals surface area contributed by atoms with Gasteiger partial charge in [-0.2, -0.15) is 0 Å². The number of piperidine rings is 1. The number of carbonyl (C=O) groups excluding carboxylic acids is 2. The fourth-order valence-electron chi connectivity index (χ4n) is 4.06. The molecular formula is C20H36N2O3. The van der Waals surface area contributed by atoms with Crippen molar-refractivity contribution in [2.75, 3.05) is 32.8 Å². The zero-order valence-corrected chi connectivity index (χ0v) is 16.3. The van der Waals surface area contributed by atoms with E-state index < -0.39 is 0 Å². The number of nitrogens with zero attached hydrogens (tertiary/aromatic N) is 2. The summed E-state index contributed by atoms with van der Waals surface area (Å²) in [6.07, 6.45) is 6.82. The van der Waals surface area contributed by atoms with Gasteiger partial charge in [0, 0.05) is 31.5 Å². The van der Waals surface area contributed by atoms with Crippen LogP contribution in [0.25, 0.3) is 0 Å². The molecule has 5 heteroatoms. The Balaban J connectivity index is 1.75. The zero-order valence-electron chi connectivity index (χ0n) is 16.3. The fraction of sp³-hybridized carbons (Fsp3) is 0.900. The van der Waals surface area contributed by atoms with Crippen molar-refractivity contribution in [1.29, 1.82) is 0 Å². The van der Waals surface area contributed by atoms with Crippen LogP contribution < -0.4 is 0 Å². The third-order valence-electron chi connectivity index (χ3n) is 5.69. The molecule has 1 unspecified atom stereocenters. The Morgan fingerprint density at radius 2 is 1.76 bits per heavy atom. The molecule has 0 aromatic rings. The van der Waals surface area contributed by atoms with Crippen LogP contribution in [0, 0.1) is 11.8 Å². The van der Waals surface area contributed by atoms with Gasteiger partial charge < -0.3 is 14.5 Å². The second-order valence-electron chi connectivity index (χ2n) is 7.98. The van der Waals surface area contributed by atoms with Crippen LogP contribution >= 0.6 is 0 Å². The summed E-state index contributed by atoms with van der Waals surface area (Å²) in [5.41, 5.74) is 0. The molecule has 5 nitrogen and oxygen atoms in total. The Morgan fingerprint density at radius 1 is 1.04 bits per heavy atom. The zero-order chi connectivity index (χ0) is 18.2. The van der Waals surface area contributed by atoms with Crippen molar-refractivity contribution < 1.29 is 14.3 Å². The van der Waals surface area contributed by atoms with Crippen molar-refractivity contribution in [2.45, 2.75) is 71.8 Å². The minimum Gasteiger partial charge on any atom is -0.450 e. The number of rotatable bonds is 6. The summed E-state index contributed by atoms with van der Waals surface area (Å²) in [6.45, 7) is 10.3. The van der Waals surface area contributed by atoms with Crippen LogP contribution in [0.15, 0.2) is 0 Å². The minimum atomic E-state index is -0.169. The topological polar surface area (TPSA) is 49.9 Å². The molecule has 0 aromatic heterocycles. The average molecular weight is 353 g/mol. The van der Waals surface area contributed by atoms with E-state index in [0.717, 1.165) is 71.1 Å². The first-order valence-corrected chi connectivity index (χ1v) is 10.2. The van der Waals surface area contributed by atoms with Gasteiger partial charge in [-0.1, -0.05) is 13.8 Å². The first kappa shape index (κ1) is 20.2. The van der Waals surface area contributed by atoms with Crippen LogP contribution in [0.1, 0.15) is 65.7 Å². The van der Waals surface area contributed by atoms with Crippen molar-refractivity contribution >= 4 is 11.9 Å². The quantitative estimate of drug-likeness (QED) is 0.731. The summed E-state index contributed by atoms with van der Waals surface area (Å²) in [5.74, 6) is 1.36. The summed E-state index contributed by atoms with van der Waals surface area (Å²) in [4.78, 5) is 28.7. The van der Waals surface area contributed by atoms with E-state index in [0.29, 0.717) is 24.3 Å². The van der Waals surface area contributed by atoms with Gasteiger partial charge in [0.15, 0.2) is 0 Å². The number of carbonyl (C=O) groups is 2. The lowest BCUT2D eigenvalue weighted by Gasteiger charge is -2.37. The highest BCUT2D eigenvalue weighted by Crippen LogP contribution is 2.26. The maximum absolute atomic E-state index is 12.3. The van der Waals surface area contributed by atoms with Gasteiger partial charge in [0.2, 0.25) is 0 Å². The van der Waals surface area contributed by atoms with Crippen LogP contribution in [0.3, 0.4) is 0 Å². The summed E-state index contributed by atoms with van der Waals surface area (Å²) < 4.78 is 5.13. The predicted octanol–water partition coefficient (Wildman–Crippen LogP) is 3.71. The normalized spacial score (nSPS) is 23.5. The smallest absolute Gasteiger partial charge is 0.409 e. The molecule has 0 spiro atoms. The third kappa shape index (κ3) is 6.28. The largest absolute Gasteiger partial charge is 0.450 e. The molecule has 0 bridgehead atoms. The molecule has 25 heavy (non-hydrogen) atoms. The maximum atomic E-state index is 12.3. The van der Waals surface area contributed by atoms with Crippen molar-refractivity contribution in [1.82, 2.24) is 9.80 Å². The standard InChI is InChI=1S/C20H36N2O3/c1-4-25-20(24)22-12-5-6-18(11-15-22)21-13-9-17(10-14-21)19(23)8-7-16(2)3/h16-18H,4-15H2,1-3H3. The van der Waals surface area contributed by atoms with Gasteiger partial charge in [-0.3, -0.25) is 4.79 Å². The van der Waals surface area contributed by atoms with E-state index in [4.69, 9.17) is 4.74 Å². The molecule has 0 saturated carbocycles. The lowest BCUT2D eigenvalue weighted by atomic mass is 9.88. The van der Waals surface area contributed by atoms with Crippen molar-refractivity contribution in [3.05, 3.63) is 0 Å². The number of likely N-dealkylation sites (tertiary alicyclic amines) is 2. The van der Waals surface area contributed by atoms with E-state index in [1.807, 2.05) is 11.8 Å². The number of hydrogen-bond donors (Lipinski definition) is 0. The average Bonchev–Trinajstić information content (AvgIpc) is 2.86. The van der Waals surface area contributed by atoms with E-state index in [9.17, 15) is 9.59 Å². The van der Waals surface area contributed by atoms with Crippen molar-refractivity contribution in [2.24, 2.45) is 11.8 Å². The van der Waals surface area contributed by atoms with Crippen molar-refractivity contribution in [3.63, 3.8) is 0 Å². The number of Topliss-reactive ketones (excluding diaryl/α,β-unsaturated/α-hetero) is 1. The third-order valence-corrected chi connectivity index (χ3v) is 5.69. The SMILES string of the molecule is CCOC(=O)N1CCCC(N2CCC(C(=O)CCC(C)C)CC2)CC1. The first-order valence-electron chi connectivity index (χ1n) is 10.2. The van der Waals surface area contributed by atoms with Crippen LogP contribution in [-0.4, -0.2) is 60.5 Å². The monoisotopic (exact) mass is 352 g/mol. The Morgan fingerprint density at radius 3 is 2.40 bits per heavy atom. The Hall–Kier alpha value is -1.10. The molecule has 0 aromatic carbocycles. The Kier molecular flexibility index (Phi) is 8.20. The van der Waals surface area contributed by atoms with Gasteiger partial charge in [-0.05, 0) is 64.5 Å². The van der Waals surface area contributed by atoms with Gasteiger partial charge >= 0.3 is 6.09 Å². The lowest BCUT2D eigenvalue weighted by Crippen LogP contribution is -2.43. The highest BCUT2D eigenvalue weighted by Gasteiger charge is 2.30. The van der Waals surface area contributed by atoms with Crippen LogP contribution in [0.2, 0.25) is 0 Å². The molecule has 144 valence electrons. The molecule has 0 N–H and O–H groups in total. The highest BCUT2D eigenvalue weighted by atomic mass is 16.6. The summed E-state index contributed by atoms with van der Waals surface area (Å²) in [7, 11) is 0. The van der Waals surface area contributed by atoms with E-state index in [-0.39, 0.29) is 12.0 Å². The molecule has 2 heterocycles. The maximum Gasteiger partial charge on any atom is 0.409 e. The predicted molar refractivity (Wildman–Crippen MR) is 99.6 cm³/mol. The van der Waals surface area contributed by atoms with Crippen LogP contribution in [0.4, 0.5) is 4.79 Å². The fourth-order valence-corrected chi connectivity index (χ4v) is 4.06. The summed E-state index contributed by atoms with van der Waals surface area (Å²) in [6, 6.07) is 0.547. The molecular weight excluding hydrogens is 316 g/mol. The summed E-state index contributed by atoms with van der Waals surface area (Å²) in [5, 5.41) is 0. The molecule has 1 atom stereocenters. The highest BCUT2D eigenvalue weighted by molar-refractivity contribution is 5.81. The molecule has 0 aliphatic carbocycles. The van der Waals surface area contributed by atoms with Gasteiger partial charge in [0.25, 0.3) is 0 Å². The Bertz CT molecular complexity index is 431. The molecule has 1 amide bonds. The van der Waals surface area contributed by atoms with E-state index in [1.54, 1.807) is 0 Å². The molecule has 0 radical (unpaired) electrons. The molecule has 2 aliphatic heterocycles. The Labute approximate surface area is 153 Å². The molecule has 2 saturated heterocycles. The second-order valence-corrected chi connectivity index (χ2v) is 7.98. The van der Waals surface area contributed by atoms with Crippen LogP contribution in [0.5, 0.6) is 0 Å². The lowest BCUT2D eigenvalue weighted by molar-refractivity contribution is -0.124. The van der Waals surface area contributed by atoms with E-state index in [1.165, 1.54) is 0 Å². The first-order chi connectivity index (χ1) is 12.0. The van der Waals surface area contributed by atoms with E-state index >= 15 is 0 Å². The van der Waals surface area contributed by atoms with Crippen molar-refractivity contribution in [3.8, 4) is 0 Å². The number of ether oxygens (including phenoxy) is 1. The van der Waals surface area contributed by atoms with Gasteiger partial charge in [0.1, 0.15) is 5.78 Å². The van der Waals surface area contributed by atoms with Gasteiger partial charge in [0.05, 0.1) is 6.61 Å². The van der Waals surface area contributed by atoms with Gasteiger partial charge in [-0.25, -0.2) is 4.79 Å². The number of ketones is 1. The molecule has 2 fully saturated rings. The van der Waals surface area contributed by atoms with Gasteiger partial charge in [-0.15, -0.1) is 0 Å². The number of amides is 1. The molecule has 2 aliphatic rings. The van der Waals surface area contributed by atoms with Crippen LogP contribution in [-0.2, 0) is 9.53 Å².